The number of anilines is 2. The van der Waals surface area contributed by atoms with E-state index < -0.39 is 0 Å². The number of nitrogens with zero attached hydrogens (tertiary/aromatic N) is 4. The van der Waals surface area contributed by atoms with E-state index in [1.807, 2.05) is 24.8 Å². The lowest BCUT2D eigenvalue weighted by molar-refractivity contribution is 0.165. The number of methoxy groups -OCH3 is 2. The van der Waals surface area contributed by atoms with Gasteiger partial charge in [-0.05, 0) is 18.2 Å². The Morgan fingerprint density at radius 2 is 1.36 bits per heavy atom. The first-order valence-corrected chi connectivity index (χ1v) is 11.2. The number of furan rings is 1. The van der Waals surface area contributed by atoms with Gasteiger partial charge in [0.1, 0.15) is 18.1 Å². The van der Waals surface area contributed by atoms with Crippen LogP contribution < -0.4 is 9.80 Å². The van der Waals surface area contributed by atoms with E-state index >= 15 is 0 Å². The van der Waals surface area contributed by atoms with Crippen LogP contribution in [0.4, 0.5) is 11.4 Å². The molecule has 0 radical (unpaired) electrons. The smallest absolute Gasteiger partial charge is 0.142 e. The van der Waals surface area contributed by atoms with Crippen LogP contribution in [0, 0.1) is 0 Å². The van der Waals surface area contributed by atoms with Gasteiger partial charge < -0.3 is 23.7 Å². The lowest BCUT2D eigenvalue weighted by Crippen LogP contribution is -2.19. The van der Waals surface area contributed by atoms with Gasteiger partial charge in [-0.1, -0.05) is 30.3 Å². The highest BCUT2D eigenvalue weighted by Crippen LogP contribution is 2.44. The summed E-state index contributed by atoms with van der Waals surface area (Å²) < 4.78 is 17.8. The first-order chi connectivity index (χ1) is 16.3. The Kier molecular flexibility index (Phi) is 6.24. The van der Waals surface area contributed by atoms with Crippen molar-refractivity contribution in [2.75, 3.05) is 50.2 Å². The minimum Gasteiger partial charge on any atom is -0.457 e. The number of benzene rings is 2. The molecule has 0 bridgehead atoms. The second kappa shape index (κ2) is 9.60. The van der Waals surface area contributed by atoms with E-state index in [0.717, 1.165) is 71.3 Å². The largest absolute Gasteiger partial charge is 0.457 e. The minimum absolute atomic E-state index is 0.363. The van der Waals surface area contributed by atoms with Gasteiger partial charge in [0.25, 0.3) is 0 Å². The number of hydrogen-bond acceptors (Lipinski definition) is 7. The highest BCUT2D eigenvalue weighted by atomic mass is 16.5. The maximum Gasteiger partial charge on any atom is 0.142 e. The highest BCUT2D eigenvalue weighted by Gasteiger charge is 2.27. The third-order valence-electron chi connectivity index (χ3n) is 5.97. The van der Waals surface area contributed by atoms with Crippen molar-refractivity contribution < 1.29 is 13.9 Å². The molecule has 0 atom stereocenters. The van der Waals surface area contributed by atoms with Crippen molar-refractivity contribution in [1.82, 2.24) is 0 Å². The fraction of sp³-hybridized carbons (Fsp3) is 0.308. The van der Waals surface area contributed by atoms with Gasteiger partial charge in [0.15, 0.2) is 0 Å². The molecule has 0 fully saturated rings. The Morgan fingerprint density at radius 3 is 1.94 bits per heavy atom. The molecule has 3 heterocycles. The molecule has 0 saturated carbocycles. The molecule has 0 aliphatic carbocycles. The van der Waals surface area contributed by atoms with Crippen LogP contribution in [0.15, 0.2) is 62.9 Å². The third-order valence-corrected chi connectivity index (χ3v) is 5.97. The number of hydrogen-bond donors (Lipinski definition) is 0. The Balaban J connectivity index is 1.72. The summed E-state index contributed by atoms with van der Waals surface area (Å²) in [6.45, 7) is 4.09. The lowest BCUT2D eigenvalue weighted by Gasteiger charge is -2.20. The van der Waals surface area contributed by atoms with E-state index in [4.69, 9.17) is 13.9 Å². The summed E-state index contributed by atoms with van der Waals surface area (Å²) in [7, 11) is 3.41. The predicted octanol–water partition coefficient (Wildman–Crippen LogP) is 4.60. The molecule has 7 nitrogen and oxygen atoms in total. The van der Waals surface area contributed by atoms with Gasteiger partial charge in [-0.3, -0.25) is 9.98 Å². The fourth-order valence-corrected chi connectivity index (χ4v) is 4.54. The first kappa shape index (κ1) is 21.4. The van der Waals surface area contributed by atoms with Crippen molar-refractivity contribution in [3.63, 3.8) is 0 Å². The molecule has 3 aromatic rings. The van der Waals surface area contributed by atoms with Crippen molar-refractivity contribution in [2.45, 2.75) is 13.2 Å². The second-order valence-electron chi connectivity index (χ2n) is 8.04. The Bertz CT molecular complexity index is 1180. The predicted molar refractivity (Wildman–Crippen MR) is 132 cm³/mol. The number of para-hydroxylation sites is 2. The van der Waals surface area contributed by atoms with E-state index in [2.05, 4.69) is 56.2 Å². The van der Waals surface area contributed by atoms with Gasteiger partial charge >= 0.3 is 0 Å². The molecule has 1 aromatic heterocycles. The summed E-state index contributed by atoms with van der Waals surface area (Å²) in [5.41, 5.74) is 6.30. The molecule has 0 N–H and O–H groups in total. The van der Waals surface area contributed by atoms with E-state index in [9.17, 15) is 0 Å². The Morgan fingerprint density at radius 1 is 0.788 bits per heavy atom. The standard InChI is InChI=1S/C26H28N4O3/c1-31-15-21-25(19-7-3-5-9-22(19)29-13-11-27-17-29)24(16-32-2)33-26(21)20-8-4-6-10-23(20)30-14-12-28-18-30/h3-10,17-18H,11-16H2,1-2H3. The maximum absolute atomic E-state index is 6.57. The summed E-state index contributed by atoms with van der Waals surface area (Å²) in [6.07, 6.45) is 3.81. The van der Waals surface area contributed by atoms with Crippen LogP contribution in [0.5, 0.6) is 0 Å². The van der Waals surface area contributed by atoms with Crippen LogP contribution >= 0.6 is 0 Å². The molecule has 5 rings (SSSR count). The molecule has 170 valence electrons. The first-order valence-electron chi connectivity index (χ1n) is 11.2. The van der Waals surface area contributed by atoms with Crippen molar-refractivity contribution in [3.05, 3.63) is 59.9 Å². The van der Waals surface area contributed by atoms with Crippen LogP contribution in [0.25, 0.3) is 22.5 Å². The minimum atomic E-state index is 0.363. The molecule has 7 heteroatoms. The van der Waals surface area contributed by atoms with Crippen LogP contribution in [0.1, 0.15) is 11.3 Å². The maximum atomic E-state index is 6.57. The Labute approximate surface area is 194 Å². The molecule has 0 spiro atoms. The zero-order valence-corrected chi connectivity index (χ0v) is 19.0. The van der Waals surface area contributed by atoms with E-state index in [0.29, 0.717) is 13.2 Å². The molecule has 0 unspecified atom stereocenters. The van der Waals surface area contributed by atoms with Crippen LogP contribution in [-0.2, 0) is 22.7 Å². The average Bonchev–Trinajstić information content (AvgIpc) is 3.62. The molecular formula is C26H28N4O3. The number of aliphatic imine (C=N–C) groups is 2. The van der Waals surface area contributed by atoms with Crippen molar-refractivity contribution in [1.29, 1.82) is 0 Å². The monoisotopic (exact) mass is 444 g/mol. The quantitative estimate of drug-likeness (QED) is 0.508. The third kappa shape index (κ3) is 4.05. The summed E-state index contributed by atoms with van der Waals surface area (Å²) >= 11 is 0. The normalized spacial score (nSPS) is 15.2. The highest BCUT2D eigenvalue weighted by molar-refractivity contribution is 5.95. The summed E-state index contributed by atoms with van der Waals surface area (Å²) in [6, 6.07) is 16.7. The van der Waals surface area contributed by atoms with E-state index in [1.54, 1.807) is 14.2 Å². The van der Waals surface area contributed by atoms with Gasteiger partial charge in [0, 0.05) is 55.3 Å². The Hall–Kier alpha value is -3.42. The second-order valence-corrected chi connectivity index (χ2v) is 8.04. The van der Waals surface area contributed by atoms with E-state index in [-0.39, 0.29) is 0 Å². The van der Waals surface area contributed by atoms with Crippen molar-refractivity contribution >= 4 is 24.1 Å². The van der Waals surface area contributed by atoms with Gasteiger partial charge in [0.2, 0.25) is 0 Å². The molecule has 0 amide bonds. The lowest BCUT2D eigenvalue weighted by atomic mass is 9.96. The summed E-state index contributed by atoms with van der Waals surface area (Å²) in [5, 5.41) is 0. The van der Waals surface area contributed by atoms with Crippen LogP contribution in [-0.4, -0.2) is 53.1 Å². The topological polar surface area (TPSA) is 62.8 Å². The van der Waals surface area contributed by atoms with Gasteiger partial charge in [-0.2, -0.15) is 0 Å². The molecule has 2 aliphatic heterocycles. The molecule has 33 heavy (non-hydrogen) atoms. The number of rotatable bonds is 8. The molecule has 2 aliphatic rings. The molecular weight excluding hydrogens is 416 g/mol. The van der Waals surface area contributed by atoms with E-state index in [1.165, 1.54) is 0 Å². The molecule has 2 aromatic carbocycles. The zero-order valence-electron chi connectivity index (χ0n) is 19.0. The number of ether oxygens (including phenoxy) is 2. The van der Waals surface area contributed by atoms with Crippen LogP contribution in [0.3, 0.4) is 0 Å². The molecule has 0 saturated heterocycles. The van der Waals surface area contributed by atoms with Gasteiger partial charge in [-0.15, -0.1) is 0 Å². The summed E-state index contributed by atoms with van der Waals surface area (Å²) in [5.74, 6) is 1.59. The van der Waals surface area contributed by atoms with Gasteiger partial charge in [0.05, 0.1) is 38.1 Å². The van der Waals surface area contributed by atoms with Crippen LogP contribution in [0.2, 0.25) is 0 Å². The van der Waals surface area contributed by atoms with Crippen molar-refractivity contribution in [2.24, 2.45) is 9.98 Å². The fourth-order valence-electron chi connectivity index (χ4n) is 4.54. The van der Waals surface area contributed by atoms with Crippen molar-refractivity contribution in [3.8, 4) is 22.5 Å². The average molecular weight is 445 g/mol. The summed E-state index contributed by atoms with van der Waals surface area (Å²) in [4.78, 5) is 13.2. The van der Waals surface area contributed by atoms with Gasteiger partial charge in [-0.25, -0.2) is 0 Å². The SMILES string of the molecule is COCc1oc(-c2ccccc2N2C=NCC2)c(COC)c1-c1ccccc1N1C=NCC1. The zero-order chi connectivity index (χ0) is 22.6.